The molecule has 0 saturated carbocycles. The lowest BCUT2D eigenvalue weighted by atomic mass is 10.1. The van der Waals surface area contributed by atoms with Gasteiger partial charge in [0, 0.05) is 18.7 Å². The van der Waals surface area contributed by atoms with Gasteiger partial charge in [-0.3, -0.25) is 4.98 Å². The number of hydrogen-bond donors (Lipinski definition) is 0. The molecule has 0 aliphatic carbocycles. The Bertz CT molecular complexity index is 316. The average molecular weight is 168 g/mol. The molecule has 0 aliphatic heterocycles. The highest BCUT2D eigenvalue weighted by atomic mass is 14.7. The van der Waals surface area contributed by atoms with E-state index in [1.54, 1.807) is 6.20 Å². The van der Waals surface area contributed by atoms with Crippen LogP contribution in [0.4, 0.5) is 0 Å². The zero-order valence-corrected chi connectivity index (χ0v) is 7.27. The summed E-state index contributed by atoms with van der Waals surface area (Å²) in [6.07, 6.45) is 2.66. The van der Waals surface area contributed by atoms with Crippen LogP contribution in [-0.2, 0) is 6.42 Å². The van der Waals surface area contributed by atoms with Gasteiger partial charge >= 0.3 is 0 Å². The van der Waals surface area contributed by atoms with Crippen molar-refractivity contribution in [3.63, 3.8) is 0 Å². The Morgan fingerprint density at radius 1 is 1.08 bits per heavy atom. The number of pyridine rings is 1. The van der Waals surface area contributed by atoms with Gasteiger partial charge in [-0.15, -0.1) is 0 Å². The first-order chi connectivity index (χ1) is 6.45. The molecule has 1 heteroatoms. The van der Waals surface area contributed by atoms with Crippen LogP contribution in [0.1, 0.15) is 11.3 Å². The molecule has 0 unspecified atom stereocenters. The Labute approximate surface area is 78.1 Å². The van der Waals surface area contributed by atoms with Gasteiger partial charge in [-0.1, -0.05) is 36.4 Å². The van der Waals surface area contributed by atoms with Crippen LogP contribution in [0.2, 0.25) is 0 Å². The zero-order chi connectivity index (χ0) is 8.93. The SMILES string of the molecule is [c]1cccnc1Cc1ccccc1. The van der Waals surface area contributed by atoms with E-state index in [9.17, 15) is 0 Å². The van der Waals surface area contributed by atoms with Crippen molar-refractivity contribution in [2.45, 2.75) is 6.42 Å². The summed E-state index contributed by atoms with van der Waals surface area (Å²) < 4.78 is 0. The lowest BCUT2D eigenvalue weighted by molar-refractivity contribution is 1.07. The molecule has 63 valence electrons. The number of aromatic nitrogens is 1. The maximum absolute atomic E-state index is 4.22. The fourth-order valence-corrected chi connectivity index (χ4v) is 1.24. The van der Waals surface area contributed by atoms with Crippen LogP contribution in [0.15, 0.2) is 48.7 Å². The van der Waals surface area contributed by atoms with Gasteiger partial charge in [-0.25, -0.2) is 0 Å². The molecular weight excluding hydrogens is 158 g/mol. The van der Waals surface area contributed by atoms with Crippen LogP contribution in [0.5, 0.6) is 0 Å². The minimum atomic E-state index is 0.863. The highest BCUT2D eigenvalue weighted by molar-refractivity contribution is 5.20. The van der Waals surface area contributed by atoms with E-state index in [-0.39, 0.29) is 0 Å². The summed E-state index contributed by atoms with van der Waals surface area (Å²) in [6, 6.07) is 17.2. The molecule has 1 aromatic heterocycles. The van der Waals surface area contributed by atoms with Gasteiger partial charge in [0.25, 0.3) is 0 Å². The Kier molecular flexibility index (Phi) is 2.37. The second-order valence-electron chi connectivity index (χ2n) is 2.89. The Balaban J connectivity index is 2.16. The summed E-state index contributed by atoms with van der Waals surface area (Å²) in [6.45, 7) is 0. The molecule has 1 nitrogen and oxygen atoms in total. The van der Waals surface area contributed by atoms with Crippen LogP contribution in [0.25, 0.3) is 0 Å². The Morgan fingerprint density at radius 3 is 2.62 bits per heavy atom. The number of benzene rings is 1. The predicted octanol–water partition coefficient (Wildman–Crippen LogP) is 2.47. The van der Waals surface area contributed by atoms with Crippen molar-refractivity contribution in [1.29, 1.82) is 0 Å². The summed E-state index contributed by atoms with van der Waals surface area (Å²) in [5, 5.41) is 0. The van der Waals surface area contributed by atoms with E-state index in [0.717, 1.165) is 12.1 Å². The number of hydrogen-bond acceptors (Lipinski definition) is 1. The maximum Gasteiger partial charge on any atom is 0.0526 e. The highest BCUT2D eigenvalue weighted by Gasteiger charge is 1.94. The molecule has 0 amide bonds. The van der Waals surface area contributed by atoms with Gasteiger partial charge < -0.3 is 0 Å². The van der Waals surface area contributed by atoms with Crippen LogP contribution < -0.4 is 0 Å². The van der Waals surface area contributed by atoms with Crippen LogP contribution in [0, 0.1) is 6.07 Å². The third-order valence-corrected chi connectivity index (χ3v) is 1.88. The third kappa shape index (κ3) is 2.15. The monoisotopic (exact) mass is 168 g/mol. The van der Waals surface area contributed by atoms with Crippen LogP contribution in [0.3, 0.4) is 0 Å². The molecule has 1 aromatic carbocycles. The minimum Gasteiger partial charge on any atom is -0.260 e. The molecule has 0 bridgehead atoms. The molecule has 2 rings (SSSR count). The standard InChI is InChI=1S/C12H10N/c1-2-6-11(7-3-1)10-12-8-4-5-9-13-12/h1-7,9H,10H2. The molecule has 0 spiro atoms. The quantitative estimate of drug-likeness (QED) is 0.671. The van der Waals surface area contributed by atoms with Gasteiger partial charge in [0.2, 0.25) is 0 Å². The highest BCUT2D eigenvalue weighted by Crippen LogP contribution is 2.04. The van der Waals surface area contributed by atoms with E-state index in [1.165, 1.54) is 5.56 Å². The lowest BCUT2D eigenvalue weighted by Crippen LogP contribution is -1.90. The van der Waals surface area contributed by atoms with Gasteiger partial charge in [0.1, 0.15) is 0 Å². The van der Waals surface area contributed by atoms with Crippen molar-refractivity contribution in [1.82, 2.24) is 4.98 Å². The molecule has 0 N–H and O–H groups in total. The Hall–Kier alpha value is -1.63. The summed E-state index contributed by atoms with van der Waals surface area (Å²) in [4.78, 5) is 4.22. The predicted molar refractivity (Wildman–Crippen MR) is 52.3 cm³/mol. The van der Waals surface area contributed by atoms with E-state index in [4.69, 9.17) is 0 Å². The van der Waals surface area contributed by atoms with Crippen molar-refractivity contribution < 1.29 is 0 Å². The Morgan fingerprint density at radius 2 is 1.92 bits per heavy atom. The topological polar surface area (TPSA) is 12.9 Å². The van der Waals surface area contributed by atoms with Gasteiger partial charge in [0.15, 0.2) is 0 Å². The normalized spacial score (nSPS) is 9.85. The lowest BCUT2D eigenvalue weighted by Gasteiger charge is -1.98. The van der Waals surface area contributed by atoms with E-state index >= 15 is 0 Å². The molecule has 1 radical (unpaired) electrons. The van der Waals surface area contributed by atoms with Gasteiger partial charge in [0.05, 0.1) is 5.69 Å². The van der Waals surface area contributed by atoms with Crippen LogP contribution in [-0.4, -0.2) is 4.98 Å². The summed E-state index contributed by atoms with van der Waals surface area (Å²) in [5.41, 5.74) is 2.27. The van der Waals surface area contributed by atoms with E-state index in [1.807, 2.05) is 30.3 Å². The average Bonchev–Trinajstić information content (AvgIpc) is 2.21. The summed E-state index contributed by atoms with van der Waals surface area (Å²) >= 11 is 0. The molecule has 0 fully saturated rings. The molecule has 1 heterocycles. The van der Waals surface area contributed by atoms with Crippen LogP contribution >= 0.6 is 0 Å². The molecule has 13 heavy (non-hydrogen) atoms. The van der Waals surface area contributed by atoms with Crippen molar-refractivity contribution in [3.8, 4) is 0 Å². The van der Waals surface area contributed by atoms with Gasteiger partial charge in [-0.2, -0.15) is 0 Å². The van der Waals surface area contributed by atoms with Crippen molar-refractivity contribution in [3.05, 3.63) is 66.0 Å². The minimum absolute atomic E-state index is 0.863. The summed E-state index contributed by atoms with van der Waals surface area (Å²) in [7, 11) is 0. The van der Waals surface area contributed by atoms with Crippen molar-refractivity contribution in [2.75, 3.05) is 0 Å². The number of nitrogens with zero attached hydrogens (tertiary/aromatic N) is 1. The largest absolute Gasteiger partial charge is 0.260 e. The second kappa shape index (κ2) is 3.85. The van der Waals surface area contributed by atoms with E-state index in [0.29, 0.717) is 0 Å². The maximum atomic E-state index is 4.22. The summed E-state index contributed by atoms with van der Waals surface area (Å²) in [5.74, 6) is 0. The smallest absolute Gasteiger partial charge is 0.0526 e. The molecule has 0 aliphatic rings. The molecule has 0 atom stereocenters. The van der Waals surface area contributed by atoms with Gasteiger partial charge in [-0.05, 0) is 11.6 Å². The number of rotatable bonds is 2. The first kappa shape index (κ1) is 7.99. The first-order valence-corrected chi connectivity index (χ1v) is 4.30. The van der Waals surface area contributed by atoms with E-state index in [2.05, 4.69) is 23.2 Å². The van der Waals surface area contributed by atoms with Crippen molar-refractivity contribution in [2.24, 2.45) is 0 Å². The molecule has 2 aromatic rings. The third-order valence-electron chi connectivity index (χ3n) is 1.88. The fraction of sp³-hybridized carbons (Fsp3) is 0.0833. The second-order valence-corrected chi connectivity index (χ2v) is 2.89. The van der Waals surface area contributed by atoms with E-state index < -0.39 is 0 Å². The van der Waals surface area contributed by atoms with Crippen molar-refractivity contribution >= 4 is 0 Å². The fourth-order valence-electron chi connectivity index (χ4n) is 1.24. The first-order valence-electron chi connectivity index (χ1n) is 4.30. The molecular formula is C12H10N. The molecule has 0 saturated heterocycles. The zero-order valence-electron chi connectivity index (χ0n) is 7.27.